The van der Waals surface area contributed by atoms with E-state index in [-0.39, 0.29) is 5.91 Å². The topological polar surface area (TPSA) is 55.8 Å². The van der Waals surface area contributed by atoms with Gasteiger partial charge in [0.15, 0.2) is 6.10 Å². The molecule has 0 radical (unpaired) electrons. The molecule has 0 saturated carbocycles. The molecule has 1 saturated heterocycles. The first-order chi connectivity index (χ1) is 12.6. The van der Waals surface area contributed by atoms with Gasteiger partial charge >= 0.3 is 5.97 Å². The highest BCUT2D eigenvalue weighted by atomic mass is 16.6. The van der Waals surface area contributed by atoms with Crippen LogP contribution in [0.4, 0.5) is 0 Å². The quantitative estimate of drug-likeness (QED) is 0.747. The van der Waals surface area contributed by atoms with Crippen molar-refractivity contribution in [2.24, 2.45) is 0 Å². The summed E-state index contributed by atoms with van der Waals surface area (Å²) in [5.74, 6) is -0.153. The fourth-order valence-electron chi connectivity index (χ4n) is 3.00. The van der Waals surface area contributed by atoms with Gasteiger partial charge < -0.3 is 14.4 Å². The minimum Gasteiger partial charge on any atom is -0.474 e. The van der Waals surface area contributed by atoms with Crippen LogP contribution in [-0.4, -0.2) is 36.0 Å². The maximum atomic E-state index is 12.8. The number of hydrogen-bond acceptors (Lipinski definition) is 4. The van der Waals surface area contributed by atoms with Crippen LogP contribution in [0.5, 0.6) is 5.75 Å². The molecule has 5 heteroatoms. The van der Waals surface area contributed by atoms with Crippen molar-refractivity contribution < 1.29 is 19.1 Å². The van der Waals surface area contributed by atoms with Crippen molar-refractivity contribution >= 4 is 11.9 Å². The first-order valence-corrected chi connectivity index (χ1v) is 8.91. The normalized spacial score (nSPS) is 16.0. The summed E-state index contributed by atoms with van der Waals surface area (Å²) >= 11 is 0. The average molecular weight is 353 g/mol. The Morgan fingerprint density at radius 1 is 0.923 bits per heavy atom. The third kappa shape index (κ3) is 4.42. The van der Waals surface area contributed by atoms with Crippen LogP contribution in [0.3, 0.4) is 0 Å². The van der Waals surface area contributed by atoms with Crippen LogP contribution in [0, 0.1) is 0 Å². The van der Waals surface area contributed by atoms with Gasteiger partial charge in [0.05, 0.1) is 0 Å². The van der Waals surface area contributed by atoms with E-state index in [9.17, 15) is 9.59 Å². The smallest absolute Gasteiger partial charge is 0.352 e. The molecule has 1 aliphatic rings. The number of amides is 1. The molecule has 2 atom stereocenters. The summed E-state index contributed by atoms with van der Waals surface area (Å²) in [4.78, 5) is 26.9. The molecule has 0 N–H and O–H groups in total. The van der Waals surface area contributed by atoms with Crippen LogP contribution in [-0.2, 0) is 14.3 Å². The number of hydrogen-bond donors (Lipinski definition) is 0. The Balaban J connectivity index is 1.73. The third-order valence-corrected chi connectivity index (χ3v) is 4.37. The van der Waals surface area contributed by atoms with Crippen molar-refractivity contribution in [3.8, 4) is 5.75 Å². The summed E-state index contributed by atoms with van der Waals surface area (Å²) in [5, 5.41) is 0. The minimum atomic E-state index is -0.924. The molecule has 1 aliphatic heterocycles. The number of likely N-dealkylation sites (tertiary alicyclic amines) is 1. The zero-order valence-corrected chi connectivity index (χ0v) is 14.8. The van der Waals surface area contributed by atoms with Crippen molar-refractivity contribution in [3.05, 3.63) is 66.2 Å². The third-order valence-electron chi connectivity index (χ3n) is 4.37. The van der Waals surface area contributed by atoms with Crippen molar-refractivity contribution in [1.82, 2.24) is 4.90 Å². The maximum absolute atomic E-state index is 12.8. The molecule has 2 aromatic rings. The van der Waals surface area contributed by atoms with Crippen LogP contribution in [0.15, 0.2) is 60.7 Å². The molecule has 0 unspecified atom stereocenters. The zero-order valence-electron chi connectivity index (χ0n) is 14.8. The predicted octanol–water partition coefficient (Wildman–Crippen LogP) is 3.36. The lowest BCUT2D eigenvalue weighted by atomic mass is 10.1. The first-order valence-electron chi connectivity index (χ1n) is 8.91. The molecule has 26 heavy (non-hydrogen) atoms. The van der Waals surface area contributed by atoms with Gasteiger partial charge in [-0.3, -0.25) is 4.79 Å². The lowest BCUT2D eigenvalue weighted by molar-refractivity contribution is -0.164. The van der Waals surface area contributed by atoms with E-state index < -0.39 is 18.2 Å². The Bertz CT molecular complexity index is 726. The molecule has 5 nitrogen and oxygen atoms in total. The highest BCUT2D eigenvalue weighted by Crippen LogP contribution is 2.24. The Hall–Kier alpha value is -2.82. The Morgan fingerprint density at radius 2 is 1.50 bits per heavy atom. The van der Waals surface area contributed by atoms with E-state index in [4.69, 9.17) is 9.47 Å². The lowest BCUT2D eigenvalue weighted by Crippen LogP contribution is -2.39. The van der Waals surface area contributed by atoms with E-state index in [1.807, 2.05) is 48.5 Å². The zero-order chi connectivity index (χ0) is 18.4. The Morgan fingerprint density at radius 3 is 2.12 bits per heavy atom. The molecule has 1 heterocycles. The predicted molar refractivity (Wildman–Crippen MR) is 97.6 cm³/mol. The van der Waals surface area contributed by atoms with Crippen molar-refractivity contribution in [2.45, 2.75) is 32.0 Å². The molecular weight excluding hydrogens is 330 g/mol. The molecule has 0 bridgehead atoms. The van der Waals surface area contributed by atoms with Gasteiger partial charge in [-0.2, -0.15) is 0 Å². The van der Waals surface area contributed by atoms with E-state index in [0.29, 0.717) is 11.3 Å². The van der Waals surface area contributed by atoms with E-state index in [2.05, 4.69) is 0 Å². The lowest BCUT2D eigenvalue weighted by Gasteiger charge is -2.23. The SMILES string of the molecule is C[C@H](OC(=O)[C@H](Oc1ccccc1)c1ccccc1)C(=O)N1CCCC1. The highest BCUT2D eigenvalue weighted by Gasteiger charge is 2.30. The number of para-hydroxylation sites is 1. The van der Waals surface area contributed by atoms with Crippen LogP contribution in [0.25, 0.3) is 0 Å². The average Bonchev–Trinajstić information content (AvgIpc) is 3.21. The summed E-state index contributed by atoms with van der Waals surface area (Å²) in [5.41, 5.74) is 0.683. The summed E-state index contributed by atoms with van der Waals surface area (Å²) < 4.78 is 11.3. The second kappa shape index (κ2) is 8.52. The summed E-state index contributed by atoms with van der Waals surface area (Å²) in [6.45, 7) is 3.07. The summed E-state index contributed by atoms with van der Waals surface area (Å²) in [6, 6.07) is 18.3. The van der Waals surface area contributed by atoms with Gasteiger partial charge in [0.1, 0.15) is 5.75 Å². The number of benzene rings is 2. The number of ether oxygens (including phenoxy) is 2. The van der Waals surface area contributed by atoms with Gasteiger partial charge in [-0.25, -0.2) is 4.79 Å². The number of nitrogens with zero attached hydrogens (tertiary/aromatic N) is 1. The standard InChI is InChI=1S/C21H23NO4/c1-16(20(23)22-14-8-9-15-22)25-21(24)19(17-10-4-2-5-11-17)26-18-12-6-3-7-13-18/h2-7,10-13,16,19H,8-9,14-15H2,1H3/t16-,19+/m0/s1. The molecular formula is C21H23NO4. The van der Waals surface area contributed by atoms with Gasteiger partial charge in [0.25, 0.3) is 5.91 Å². The van der Waals surface area contributed by atoms with Gasteiger partial charge in [-0.05, 0) is 31.9 Å². The Kier molecular flexibility index (Phi) is 5.89. The number of esters is 1. The molecule has 2 aromatic carbocycles. The highest BCUT2D eigenvalue weighted by molar-refractivity contribution is 5.85. The molecule has 1 amide bonds. The van der Waals surface area contributed by atoms with E-state index >= 15 is 0 Å². The van der Waals surface area contributed by atoms with Crippen LogP contribution in [0.2, 0.25) is 0 Å². The molecule has 3 rings (SSSR count). The maximum Gasteiger partial charge on any atom is 0.352 e. The molecule has 1 fully saturated rings. The van der Waals surface area contributed by atoms with Crippen LogP contribution < -0.4 is 4.74 Å². The molecule has 0 aliphatic carbocycles. The molecule has 136 valence electrons. The fraction of sp³-hybridized carbons (Fsp3) is 0.333. The second-order valence-corrected chi connectivity index (χ2v) is 6.33. The largest absolute Gasteiger partial charge is 0.474 e. The van der Waals surface area contributed by atoms with E-state index in [1.165, 1.54) is 0 Å². The fourth-order valence-corrected chi connectivity index (χ4v) is 3.00. The van der Waals surface area contributed by atoms with Crippen molar-refractivity contribution in [1.29, 1.82) is 0 Å². The first kappa shape index (κ1) is 18.0. The van der Waals surface area contributed by atoms with Gasteiger partial charge in [0, 0.05) is 18.7 Å². The van der Waals surface area contributed by atoms with Crippen molar-refractivity contribution in [2.75, 3.05) is 13.1 Å². The van der Waals surface area contributed by atoms with E-state index in [0.717, 1.165) is 25.9 Å². The van der Waals surface area contributed by atoms with E-state index in [1.54, 1.807) is 24.0 Å². The molecule has 0 aromatic heterocycles. The summed E-state index contributed by atoms with van der Waals surface area (Å²) in [6.07, 6.45) is 0.241. The van der Waals surface area contributed by atoms with Crippen LogP contribution >= 0.6 is 0 Å². The Labute approximate surface area is 153 Å². The van der Waals surface area contributed by atoms with Crippen LogP contribution in [0.1, 0.15) is 31.4 Å². The molecule has 0 spiro atoms. The van der Waals surface area contributed by atoms with Gasteiger partial charge in [0.2, 0.25) is 6.10 Å². The number of carbonyl (C=O) groups excluding carboxylic acids is 2. The monoisotopic (exact) mass is 353 g/mol. The summed E-state index contributed by atoms with van der Waals surface area (Å²) in [7, 11) is 0. The van der Waals surface area contributed by atoms with Gasteiger partial charge in [-0.15, -0.1) is 0 Å². The van der Waals surface area contributed by atoms with Gasteiger partial charge in [-0.1, -0.05) is 48.5 Å². The van der Waals surface area contributed by atoms with Crippen molar-refractivity contribution in [3.63, 3.8) is 0 Å². The minimum absolute atomic E-state index is 0.151. The number of rotatable bonds is 6. The number of carbonyl (C=O) groups is 2. The second-order valence-electron chi connectivity index (χ2n) is 6.33.